The predicted octanol–water partition coefficient (Wildman–Crippen LogP) is 4.81. The summed E-state index contributed by atoms with van der Waals surface area (Å²) in [6.45, 7) is 11.7. The molecule has 1 saturated heterocycles. The first-order chi connectivity index (χ1) is 12.8. The number of hydrogen-bond donors (Lipinski definition) is 0. The molecule has 27 heavy (non-hydrogen) atoms. The average molecular weight is 377 g/mol. The van der Waals surface area contributed by atoms with Gasteiger partial charge in [-0.1, -0.05) is 26.8 Å². The normalized spacial score (nSPS) is 39.7. The molecule has 5 fully saturated rings. The molecule has 3 unspecified atom stereocenters. The number of carbonyl (C=O) groups excluding carboxylic acids is 1. The van der Waals surface area contributed by atoms with Crippen molar-refractivity contribution < 1.29 is 19.0 Å². The molecule has 1 heterocycles. The fourth-order valence-corrected chi connectivity index (χ4v) is 6.67. The Hall–Kier alpha value is -0.870. The highest BCUT2D eigenvalue weighted by molar-refractivity contribution is 5.87. The van der Waals surface area contributed by atoms with Gasteiger partial charge in [-0.3, -0.25) is 0 Å². The maximum atomic E-state index is 12.3. The largest absolute Gasteiger partial charge is 0.456 e. The van der Waals surface area contributed by atoms with Crippen LogP contribution in [0.3, 0.4) is 0 Å². The van der Waals surface area contributed by atoms with Gasteiger partial charge in [-0.2, -0.15) is 0 Å². The van der Waals surface area contributed by atoms with Crippen LogP contribution in [0.15, 0.2) is 12.2 Å². The van der Waals surface area contributed by atoms with Crippen LogP contribution in [0.4, 0.5) is 0 Å². The fraction of sp³-hybridized carbons (Fsp3) is 0.870. The van der Waals surface area contributed by atoms with Crippen molar-refractivity contribution >= 4 is 5.97 Å². The van der Waals surface area contributed by atoms with Gasteiger partial charge in [-0.05, 0) is 63.7 Å². The van der Waals surface area contributed by atoms with E-state index < -0.39 is 0 Å². The Balaban J connectivity index is 1.56. The van der Waals surface area contributed by atoms with Gasteiger partial charge in [-0.15, -0.1) is 0 Å². The Morgan fingerprint density at radius 2 is 1.78 bits per heavy atom. The van der Waals surface area contributed by atoms with Gasteiger partial charge < -0.3 is 14.2 Å². The molecule has 4 bridgehead atoms. The third-order valence-electron chi connectivity index (χ3n) is 7.72. The minimum Gasteiger partial charge on any atom is -0.456 e. The molecule has 0 amide bonds. The second-order valence-electron chi connectivity index (χ2n) is 10.1. The number of esters is 1. The van der Waals surface area contributed by atoms with E-state index in [1.165, 1.54) is 6.42 Å². The molecule has 0 N–H and O–H groups in total. The Bertz CT molecular complexity index is 586. The van der Waals surface area contributed by atoms with Crippen LogP contribution in [0.5, 0.6) is 0 Å². The lowest BCUT2D eigenvalue weighted by atomic mass is 9.52. The van der Waals surface area contributed by atoms with Gasteiger partial charge in [-0.25, -0.2) is 4.79 Å². The lowest BCUT2D eigenvalue weighted by Crippen LogP contribution is -2.64. The SMILES string of the molecule is C=C(C)C(=O)OC12CC3CC(C1)CC(OC(CCC)C1(CC)COC1)(C3)C2. The van der Waals surface area contributed by atoms with E-state index in [0.717, 1.165) is 64.6 Å². The van der Waals surface area contributed by atoms with Crippen LogP contribution in [-0.4, -0.2) is 36.5 Å². The van der Waals surface area contributed by atoms with Crippen LogP contribution < -0.4 is 0 Å². The molecule has 4 heteroatoms. The monoisotopic (exact) mass is 376 g/mol. The third-order valence-corrected chi connectivity index (χ3v) is 7.72. The molecular weight excluding hydrogens is 340 g/mol. The number of rotatable bonds is 8. The van der Waals surface area contributed by atoms with E-state index in [1.807, 2.05) is 0 Å². The van der Waals surface area contributed by atoms with Crippen molar-refractivity contribution in [2.45, 2.75) is 95.9 Å². The van der Waals surface area contributed by atoms with Gasteiger partial charge in [0.15, 0.2) is 0 Å². The van der Waals surface area contributed by atoms with E-state index in [0.29, 0.717) is 17.4 Å². The van der Waals surface area contributed by atoms with Crippen molar-refractivity contribution in [3.8, 4) is 0 Å². The van der Waals surface area contributed by atoms with Gasteiger partial charge in [0, 0.05) is 17.4 Å². The first-order valence-electron chi connectivity index (χ1n) is 11.0. The number of hydrogen-bond acceptors (Lipinski definition) is 4. The van der Waals surface area contributed by atoms with Crippen LogP contribution in [0, 0.1) is 17.3 Å². The van der Waals surface area contributed by atoms with Gasteiger partial charge >= 0.3 is 5.97 Å². The van der Waals surface area contributed by atoms with Gasteiger partial charge in [0.2, 0.25) is 0 Å². The lowest BCUT2D eigenvalue weighted by molar-refractivity contribution is -0.280. The molecule has 5 aliphatic rings. The molecule has 4 aliphatic carbocycles. The van der Waals surface area contributed by atoms with Gasteiger partial charge in [0.25, 0.3) is 0 Å². The van der Waals surface area contributed by atoms with Crippen LogP contribution in [-0.2, 0) is 19.0 Å². The summed E-state index contributed by atoms with van der Waals surface area (Å²) < 4.78 is 18.8. The number of ether oxygens (including phenoxy) is 3. The van der Waals surface area contributed by atoms with Crippen molar-refractivity contribution in [3.63, 3.8) is 0 Å². The summed E-state index contributed by atoms with van der Waals surface area (Å²) in [7, 11) is 0. The average Bonchev–Trinajstić information content (AvgIpc) is 2.52. The maximum absolute atomic E-state index is 12.3. The number of carbonyl (C=O) groups is 1. The first-order valence-corrected chi connectivity index (χ1v) is 11.0. The van der Waals surface area contributed by atoms with E-state index in [1.54, 1.807) is 6.92 Å². The maximum Gasteiger partial charge on any atom is 0.333 e. The van der Waals surface area contributed by atoms with Crippen molar-refractivity contribution in [3.05, 3.63) is 12.2 Å². The lowest BCUT2D eigenvalue weighted by Gasteiger charge is -2.62. The van der Waals surface area contributed by atoms with E-state index in [4.69, 9.17) is 14.2 Å². The summed E-state index contributed by atoms with van der Waals surface area (Å²) in [5, 5.41) is 0. The van der Waals surface area contributed by atoms with Gasteiger partial charge in [0.1, 0.15) is 5.60 Å². The summed E-state index contributed by atoms with van der Waals surface area (Å²) >= 11 is 0. The second kappa shape index (κ2) is 6.88. The topological polar surface area (TPSA) is 44.8 Å². The smallest absolute Gasteiger partial charge is 0.333 e. The quantitative estimate of drug-likeness (QED) is 0.450. The highest BCUT2D eigenvalue weighted by Crippen LogP contribution is 2.61. The Morgan fingerprint density at radius 1 is 1.15 bits per heavy atom. The standard InChI is InChI=1S/C23H36O4/c1-5-7-19(21(6-2)14-25-15-21)26-22-9-17-8-18(10-22)12-23(11-17,13-22)27-20(24)16(3)4/h17-19H,3,5-15H2,1-2,4H3. The zero-order valence-electron chi connectivity index (χ0n) is 17.4. The fourth-order valence-electron chi connectivity index (χ4n) is 6.67. The van der Waals surface area contributed by atoms with Crippen molar-refractivity contribution in [1.29, 1.82) is 0 Å². The zero-order chi connectivity index (χ0) is 19.3. The molecule has 4 nitrogen and oxygen atoms in total. The summed E-state index contributed by atoms with van der Waals surface area (Å²) in [6.07, 6.45) is 10.0. The molecule has 4 saturated carbocycles. The molecule has 1 aliphatic heterocycles. The Labute approximate surface area is 164 Å². The minimum absolute atomic E-state index is 0.114. The van der Waals surface area contributed by atoms with E-state index in [2.05, 4.69) is 20.4 Å². The molecule has 0 aromatic carbocycles. The highest BCUT2D eigenvalue weighted by atomic mass is 16.6. The molecule has 152 valence electrons. The van der Waals surface area contributed by atoms with Crippen molar-refractivity contribution in [1.82, 2.24) is 0 Å². The van der Waals surface area contributed by atoms with Crippen LogP contribution in [0.2, 0.25) is 0 Å². The Kier molecular flexibility index (Phi) is 4.95. The predicted molar refractivity (Wildman–Crippen MR) is 104 cm³/mol. The van der Waals surface area contributed by atoms with E-state index in [9.17, 15) is 4.79 Å². The third kappa shape index (κ3) is 3.37. The minimum atomic E-state index is -0.327. The van der Waals surface area contributed by atoms with Crippen LogP contribution in [0.1, 0.15) is 78.6 Å². The highest BCUT2D eigenvalue weighted by Gasteiger charge is 2.62. The van der Waals surface area contributed by atoms with Crippen molar-refractivity contribution in [2.24, 2.45) is 17.3 Å². The van der Waals surface area contributed by atoms with Crippen LogP contribution in [0.25, 0.3) is 0 Å². The summed E-state index contributed by atoms with van der Waals surface area (Å²) in [5.41, 5.74) is 0.241. The van der Waals surface area contributed by atoms with Crippen molar-refractivity contribution in [2.75, 3.05) is 13.2 Å². The van der Waals surface area contributed by atoms with E-state index in [-0.39, 0.29) is 28.7 Å². The summed E-state index contributed by atoms with van der Waals surface area (Å²) in [4.78, 5) is 12.3. The summed E-state index contributed by atoms with van der Waals surface area (Å²) in [5.74, 6) is 1.03. The summed E-state index contributed by atoms with van der Waals surface area (Å²) in [6, 6.07) is 0. The Morgan fingerprint density at radius 3 is 2.26 bits per heavy atom. The molecule has 0 aromatic heterocycles. The molecule has 0 radical (unpaired) electrons. The molecule has 5 rings (SSSR count). The van der Waals surface area contributed by atoms with Crippen LogP contribution >= 0.6 is 0 Å². The molecule has 0 aromatic rings. The molecular formula is C23H36O4. The second-order valence-corrected chi connectivity index (χ2v) is 10.1. The van der Waals surface area contributed by atoms with Gasteiger partial charge in [0.05, 0.1) is 24.9 Å². The molecule has 0 spiro atoms. The van der Waals surface area contributed by atoms with E-state index >= 15 is 0 Å². The zero-order valence-corrected chi connectivity index (χ0v) is 17.4. The first kappa shape index (κ1) is 19.4. The molecule has 3 atom stereocenters.